The smallest absolute Gasteiger partial charge is 0.150 e. The Morgan fingerprint density at radius 3 is 2.50 bits per heavy atom. The Morgan fingerprint density at radius 1 is 1.25 bits per heavy atom. The minimum absolute atomic E-state index is 0.752. The maximum Gasteiger partial charge on any atom is 0.150 e. The Balaban J connectivity index is 2.96. The molecule has 0 atom stereocenters. The normalized spacial score (nSPS) is 10.4. The summed E-state index contributed by atoms with van der Waals surface area (Å²) in [6.45, 7) is 2.07. The number of hydrogen-bond donors (Lipinski definition) is 0. The fourth-order valence-corrected chi connectivity index (χ4v) is 1.01. The van der Waals surface area contributed by atoms with E-state index in [2.05, 4.69) is 6.92 Å². The summed E-state index contributed by atoms with van der Waals surface area (Å²) in [5, 5.41) is 0. The van der Waals surface area contributed by atoms with Crippen LogP contribution in [-0.4, -0.2) is 6.29 Å². The lowest BCUT2D eigenvalue weighted by Crippen LogP contribution is -1.83. The summed E-state index contributed by atoms with van der Waals surface area (Å²) in [5.41, 5.74) is 1.75. The molecule has 0 amide bonds. The van der Waals surface area contributed by atoms with Crippen LogP contribution >= 0.6 is 0 Å². The zero-order valence-corrected chi connectivity index (χ0v) is 7.16. The van der Waals surface area contributed by atoms with E-state index in [4.69, 9.17) is 0 Å². The van der Waals surface area contributed by atoms with E-state index in [0.29, 0.717) is 0 Å². The van der Waals surface area contributed by atoms with Crippen molar-refractivity contribution in [2.24, 2.45) is 0 Å². The first-order valence-electron chi connectivity index (χ1n) is 4.09. The molecule has 1 heteroatoms. The molecule has 0 unspecified atom stereocenters. The Bertz CT molecular complexity index is 287. The van der Waals surface area contributed by atoms with Crippen LogP contribution in [0.5, 0.6) is 0 Å². The van der Waals surface area contributed by atoms with Crippen molar-refractivity contribution in [3.8, 4) is 0 Å². The molecule has 1 aromatic rings. The Morgan fingerprint density at radius 2 is 1.92 bits per heavy atom. The summed E-state index contributed by atoms with van der Waals surface area (Å²) in [6, 6.07) is 7.56. The highest BCUT2D eigenvalue weighted by molar-refractivity contribution is 5.81. The summed E-state index contributed by atoms with van der Waals surface area (Å²) in [6.07, 6.45) is 5.90. The lowest BCUT2D eigenvalue weighted by molar-refractivity contribution is 0.112. The van der Waals surface area contributed by atoms with Crippen LogP contribution in [0, 0.1) is 0 Å². The van der Waals surface area contributed by atoms with Crippen LogP contribution in [0.4, 0.5) is 0 Å². The van der Waals surface area contributed by atoms with Crippen LogP contribution in [0.1, 0.15) is 29.3 Å². The summed E-state index contributed by atoms with van der Waals surface area (Å²) in [5.74, 6) is 0. The van der Waals surface area contributed by atoms with Gasteiger partial charge < -0.3 is 0 Å². The minimum Gasteiger partial charge on any atom is -0.298 e. The highest BCUT2D eigenvalue weighted by Crippen LogP contribution is 2.08. The van der Waals surface area contributed by atoms with Gasteiger partial charge in [0.05, 0.1) is 0 Å². The molecular formula is C11H12O. The second-order valence-corrected chi connectivity index (χ2v) is 2.56. The van der Waals surface area contributed by atoms with Gasteiger partial charge in [-0.1, -0.05) is 43.3 Å². The number of hydrogen-bond acceptors (Lipinski definition) is 1. The molecule has 1 aromatic carbocycles. The number of carbonyl (C=O) groups is 1. The predicted molar refractivity (Wildman–Crippen MR) is 51.2 cm³/mol. The number of benzene rings is 1. The highest BCUT2D eigenvalue weighted by atomic mass is 16.1. The van der Waals surface area contributed by atoms with Crippen molar-refractivity contribution in [1.29, 1.82) is 0 Å². The molecule has 0 fully saturated rings. The molecule has 0 aliphatic rings. The van der Waals surface area contributed by atoms with Crippen molar-refractivity contribution in [2.45, 2.75) is 13.3 Å². The molecule has 0 saturated carbocycles. The average molecular weight is 160 g/mol. The average Bonchev–Trinajstić information content (AvgIpc) is 2.15. The van der Waals surface area contributed by atoms with Crippen molar-refractivity contribution >= 4 is 12.4 Å². The van der Waals surface area contributed by atoms with Crippen LogP contribution in [-0.2, 0) is 0 Å². The Kier molecular flexibility index (Phi) is 3.27. The summed E-state index contributed by atoms with van der Waals surface area (Å²) in [7, 11) is 0. The highest BCUT2D eigenvalue weighted by Gasteiger charge is 1.93. The van der Waals surface area contributed by atoms with E-state index >= 15 is 0 Å². The maximum atomic E-state index is 10.6. The van der Waals surface area contributed by atoms with Gasteiger partial charge in [0, 0.05) is 5.56 Å². The molecule has 0 spiro atoms. The molecule has 0 saturated heterocycles. The Hall–Kier alpha value is -1.37. The molecule has 0 radical (unpaired) electrons. The monoisotopic (exact) mass is 160 g/mol. The molecule has 0 aliphatic carbocycles. The van der Waals surface area contributed by atoms with E-state index in [9.17, 15) is 4.79 Å². The summed E-state index contributed by atoms with van der Waals surface area (Å²) >= 11 is 0. The van der Waals surface area contributed by atoms with Gasteiger partial charge in [0.1, 0.15) is 0 Å². The van der Waals surface area contributed by atoms with E-state index in [0.717, 1.165) is 23.8 Å². The maximum absolute atomic E-state index is 10.6. The molecular weight excluding hydrogens is 148 g/mol. The van der Waals surface area contributed by atoms with E-state index < -0.39 is 0 Å². The number of carbonyl (C=O) groups excluding carboxylic acids is 1. The van der Waals surface area contributed by atoms with E-state index in [1.165, 1.54) is 0 Å². The van der Waals surface area contributed by atoms with Crippen molar-refractivity contribution < 1.29 is 4.79 Å². The Labute approximate surface area is 72.7 Å². The predicted octanol–water partition coefficient (Wildman–Crippen LogP) is 2.92. The quantitative estimate of drug-likeness (QED) is 0.621. The topological polar surface area (TPSA) is 17.1 Å². The molecule has 0 heterocycles. The molecule has 0 bridgehead atoms. The van der Waals surface area contributed by atoms with E-state index in [1.54, 1.807) is 0 Å². The van der Waals surface area contributed by atoms with Gasteiger partial charge in [-0.25, -0.2) is 0 Å². The fraction of sp³-hybridized carbons (Fsp3) is 0.182. The molecule has 0 aromatic heterocycles. The zero-order chi connectivity index (χ0) is 8.81. The summed E-state index contributed by atoms with van der Waals surface area (Å²) < 4.78 is 0. The fourth-order valence-electron chi connectivity index (χ4n) is 1.01. The van der Waals surface area contributed by atoms with Crippen molar-refractivity contribution in [1.82, 2.24) is 0 Å². The molecule has 12 heavy (non-hydrogen) atoms. The van der Waals surface area contributed by atoms with Gasteiger partial charge in [-0.05, 0) is 12.0 Å². The third kappa shape index (κ3) is 2.06. The van der Waals surface area contributed by atoms with Crippen LogP contribution in [0.3, 0.4) is 0 Å². The first-order chi connectivity index (χ1) is 5.88. The van der Waals surface area contributed by atoms with E-state index in [-0.39, 0.29) is 0 Å². The van der Waals surface area contributed by atoms with Gasteiger partial charge in [-0.15, -0.1) is 0 Å². The third-order valence-corrected chi connectivity index (χ3v) is 1.66. The van der Waals surface area contributed by atoms with Crippen LogP contribution in [0.2, 0.25) is 0 Å². The van der Waals surface area contributed by atoms with Gasteiger partial charge in [-0.3, -0.25) is 4.79 Å². The van der Waals surface area contributed by atoms with Gasteiger partial charge >= 0.3 is 0 Å². The first-order valence-corrected chi connectivity index (χ1v) is 4.09. The lowest BCUT2D eigenvalue weighted by atomic mass is 10.1. The van der Waals surface area contributed by atoms with Crippen LogP contribution in [0.25, 0.3) is 6.08 Å². The van der Waals surface area contributed by atoms with Gasteiger partial charge in [0.25, 0.3) is 0 Å². The first kappa shape index (κ1) is 8.72. The lowest BCUT2D eigenvalue weighted by Gasteiger charge is -1.95. The SMILES string of the molecule is CC/C=C\c1ccccc1C=O. The van der Waals surface area contributed by atoms with Gasteiger partial charge in [0.2, 0.25) is 0 Å². The van der Waals surface area contributed by atoms with Crippen molar-refractivity contribution in [3.63, 3.8) is 0 Å². The number of aldehydes is 1. The van der Waals surface area contributed by atoms with Gasteiger partial charge in [-0.2, -0.15) is 0 Å². The van der Waals surface area contributed by atoms with E-state index in [1.807, 2.05) is 36.4 Å². The molecule has 1 nitrogen and oxygen atoms in total. The van der Waals surface area contributed by atoms with Crippen LogP contribution < -0.4 is 0 Å². The van der Waals surface area contributed by atoms with Crippen molar-refractivity contribution in [2.75, 3.05) is 0 Å². The molecule has 62 valence electrons. The van der Waals surface area contributed by atoms with Crippen molar-refractivity contribution in [3.05, 3.63) is 41.5 Å². The molecule has 0 aliphatic heterocycles. The summed E-state index contributed by atoms with van der Waals surface area (Å²) in [4.78, 5) is 10.6. The minimum atomic E-state index is 0.752. The number of allylic oxidation sites excluding steroid dienone is 1. The molecule has 0 N–H and O–H groups in total. The third-order valence-electron chi connectivity index (χ3n) is 1.66. The van der Waals surface area contributed by atoms with Crippen LogP contribution in [0.15, 0.2) is 30.3 Å². The second-order valence-electron chi connectivity index (χ2n) is 2.56. The largest absolute Gasteiger partial charge is 0.298 e. The zero-order valence-electron chi connectivity index (χ0n) is 7.16. The van der Waals surface area contributed by atoms with Gasteiger partial charge in [0.15, 0.2) is 6.29 Å². The second kappa shape index (κ2) is 4.50. The molecule has 1 rings (SSSR count). The number of rotatable bonds is 3. The standard InChI is InChI=1S/C11H12O/c1-2-3-6-10-7-4-5-8-11(10)9-12/h3-9H,2H2,1H3/b6-3-.